The molecule has 0 amide bonds. The maximum atomic E-state index is 10.7. The summed E-state index contributed by atoms with van der Waals surface area (Å²) in [5.41, 5.74) is 12.5. The molecule has 16 heavy (non-hydrogen) atoms. The number of aromatic nitrogens is 1. The van der Waals surface area contributed by atoms with Crippen molar-refractivity contribution in [2.45, 2.75) is 13.3 Å². The summed E-state index contributed by atoms with van der Waals surface area (Å²) in [4.78, 5) is 14.6. The van der Waals surface area contributed by atoms with Gasteiger partial charge >= 0.3 is 0 Å². The zero-order chi connectivity index (χ0) is 12.0. The Morgan fingerprint density at radius 2 is 2.31 bits per heavy atom. The molecule has 4 nitrogen and oxygen atoms in total. The van der Waals surface area contributed by atoms with Crippen molar-refractivity contribution in [3.8, 4) is 0 Å². The minimum Gasteiger partial charge on any atom is -0.396 e. The highest BCUT2D eigenvalue weighted by Gasteiger charge is 1.95. The van der Waals surface area contributed by atoms with Crippen LogP contribution in [0.2, 0.25) is 0 Å². The molecular formula is C11H15N3OS. The molecule has 0 aliphatic carbocycles. The average molecular weight is 237 g/mol. The smallest absolute Gasteiger partial charge is 0.185 e. The van der Waals surface area contributed by atoms with Crippen LogP contribution in [0.25, 0.3) is 6.08 Å². The second-order valence-electron chi connectivity index (χ2n) is 3.27. The van der Waals surface area contributed by atoms with Crippen LogP contribution in [-0.2, 0) is 4.79 Å². The van der Waals surface area contributed by atoms with E-state index in [-0.39, 0.29) is 5.12 Å². The lowest BCUT2D eigenvalue weighted by molar-refractivity contribution is -0.109. The van der Waals surface area contributed by atoms with Gasteiger partial charge in [0.15, 0.2) is 5.12 Å². The molecule has 0 spiro atoms. The van der Waals surface area contributed by atoms with E-state index in [1.807, 2.05) is 12.2 Å². The third-order valence-electron chi connectivity index (χ3n) is 1.87. The molecule has 1 heterocycles. The lowest BCUT2D eigenvalue weighted by Crippen LogP contribution is -1.97. The average Bonchev–Trinajstić information content (AvgIpc) is 2.22. The van der Waals surface area contributed by atoms with Gasteiger partial charge in [-0.2, -0.15) is 0 Å². The fourth-order valence-electron chi connectivity index (χ4n) is 1.09. The van der Waals surface area contributed by atoms with Crippen LogP contribution in [0.5, 0.6) is 0 Å². The molecule has 1 aromatic rings. The lowest BCUT2D eigenvalue weighted by atomic mass is 10.2. The van der Waals surface area contributed by atoms with Crippen LogP contribution < -0.4 is 11.5 Å². The predicted molar refractivity (Wildman–Crippen MR) is 69.9 cm³/mol. The predicted octanol–water partition coefficient (Wildman–Crippen LogP) is 1.93. The van der Waals surface area contributed by atoms with Gasteiger partial charge in [-0.3, -0.25) is 4.79 Å². The number of nitrogens with two attached hydrogens (primary N) is 2. The topological polar surface area (TPSA) is 82.0 Å². The molecule has 0 aliphatic heterocycles. The quantitative estimate of drug-likeness (QED) is 0.782. The van der Waals surface area contributed by atoms with E-state index in [9.17, 15) is 4.79 Å². The first-order valence-electron chi connectivity index (χ1n) is 4.90. The van der Waals surface area contributed by atoms with Gasteiger partial charge in [-0.05, 0) is 18.1 Å². The Labute approximate surface area is 99.1 Å². The highest BCUT2D eigenvalue weighted by molar-refractivity contribution is 8.13. The van der Waals surface area contributed by atoms with Crippen molar-refractivity contribution in [2.24, 2.45) is 0 Å². The van der Waals surface area contributed by atoms with Gasteiger partial charge in [0, 0.05) is 18.9 Å². The van der Waals surface area contributed by atoms with Gasteiger partial charge in [-0.25, -0.2) is 4.98 Å². The van der Waals surface area contributed by atoms with Crippen LogP contribution in [0.3, 0.4) is 0 Å². The summed E-state index contributed by atoms with van der Waals surface area (Å²) in [5.74, 6) is 1.15. The van der Waals surface area contributed by atoms with Gasteiger partial charge in [-0.15, -0.1) is 0 Å². The first-order chi connectivity index (χ1) is 7.59. The second-order valence-corrected chi connectivity index (χ2v) is 4.55. The first kappa shape index (κ1) is 12.6. The van der Waals surface area contributed by atoms with Crippen LogP contribution in [-0.4, -0.2) is 15.9 Å². The molecule has 0 aliphatic rings. The van der Waals surface area contributed by atoms with E-state index >= 15 is 0 Å². The minimum absolute atomic E-state index is 0.145. The summed E-state index contributed by atoms with van der Waals surface area (Å²) in [6.07, 6.45) is 6.42. The normalized spacial score (nSPS) is 10.8. The van der Waals surface area contributed by atoms with Gasteiger partial charge in [0.25, 0.3) is 0 Å². The Kier molecular flexibility index (Phi) is 4.85. The maximum Gasteiger partial charge on any atom is 0.185 e. The first-order valence-corrected chi connectivity index (χ1v) is 5.89. The van der Waals surface area contributed by atoms with E-state index in [0.29, 0.717) is 11.5 Å². The largest absolute Gasteiger partial charge is 0.396 e. The van der Waals surface area contributed by atoms with Crippen LogP contribution in [0.15, 0.2) is 18.3 Å². The number of rotatable bonds is 4. The number of nitrogens with zero attached hydrogens (tertiary/aromatic N) is 1. The number of nitrogen functional groups attached to an aromatic ring is 2. The summed E-state index contributed by atoms with van der Waals surface area (Å²) in [6, 6.07) is 1.77. The molecule has 0 radical (unpaired) electrons. The molecular weight excluding hydrogens is 222 g/mol. The molecule has 1 rings (SSSR count). The van der Waals surface area contributed by atoms with Crippen molar-refractivity contribution in [2.75, 3.05) is 17.2 Å². The minimum atomic E-state index is 0.145. The van der Waals surface area contributed by atoms with Crippen molar-refractivity contribution in [1.82, 2.24) is 4.98 Å². The molecule has 0 fully saturated rings. The van der Waals surface area contributed by atoms with Gasteiger partial charge in [0.2, 0.25) is 0 Å². The van der Waals surface area contributed by atoms with E-state index < -0.39 is 0 Å². The zero-order valence-electron chi connectivity index (χ0n) is 9.14. The van der Waals surface area contributed by atoms with Crippen LogP contribution >= 0.6 is 11.8 Å². The van der Waals surface area contributed by atoms with Gasteiger partial charge in [0.1, 0.15) is 5.82 Å². The monoisotopic (exact) mass is 237 g/mol. The van der Waals surface area contributed by atoms with Crippen molar-refractivity contribution < 1.29 is 4.79 Å². The fraction of sp³-hybridized carbons (Fsp3) is 0.273. The van der Waals surface area contributed by atoms with Crippen molar-refractivity contribution in [3.63, 3.8) is 0 Å². The van der Waals surface area contributed by atoms with E-state index in [1.165, 1.54) is 11.8 Å². The number of allylic oxidation sites excluding steroid dienone is 1. The lowest BCUT2D eigenvalue weighted by Gasteiger charge is -1.99. The maximum absolute atomic E-state index is 10.7. The van der Waals surface area contributed by atoms with Gasteiger partial charge in [0.05, 0.1) is 5.69 Å². The SMILES string of the molecule is CC(=O)SCCC=Cc1cnc(N)c(N)c1. The summed E-state index contributed by atoms with van der Waals surface area (Å²) in [5, 5.41) is 0.145. The second kappa shape index (κ2) is 6.17. The fourth-order valence-corrected chi connectivity index (χ4v) is 1.63. The van der Waals surface area contributed by atoms with Crippen molar-refractivity contribution in [1.29, 1.82) is 0 Å². The highest BCUT2D eigenvalue weighted by atomic mass is 32.2. The molecule has 1 aromatic heterocycles. The number of carbonyl (C=O) groups is 1. The van der Waals surface area contributed by atoms with Crippen molar-refractivity contribution >= 4 is 34.5 Å². The molecule has 0 unspecified atom stereocenters. The third kappa shape index (κ3) is 4.35. The Morgan fingerprint density at radius 1 is 1.56 bits per heavy atom. The summed E-state index contributed by atoms with van der Waals surface area (Å²) in [7, 11) is 0. The van der Waals surface area contributed by atoms with Crippen LogP contribution in [0.4, 0.5) is 11.5 Å². The van der Waals surface area contributed by atoms with Crippen LogP contribution in [0.1, 0.15) is 18.9 Å². The summed E-state index contributed by atoms with van der Waals surface area (Å²) < 4.78 is 0. The Hall–Kier alpha value is -1.49. The third-order valence-corrected chi connectivity index (χ3v) is 2.72. The number of hydrogen-bond donors (Lipinski definition) is 2. The molecule has 5 heteroatoms. The molecule has 0 saturated heterocycles. The number of thioether (sulfide) groups is 1. The summed E-state index contributed by atoms with van der Waals surface area (Å²) >= 11 is 1.32. The van der Waals surface area contributed by atoms with E-state index in [0.717, 1.165) is 17.7 Å². The Morgan fingerprint density at radius 3 is 2.94 bits per heavy atom. The number of anilines is 2. The molecule has 0 bridgehead atoms. The number of pyridine rings is 1. The van der Waals surface area contributed by atoms with E-state index in [1.54, 1.807) is 19.2 Å². The van der Waals surface area contributed by atoms with E-state index in [2.05, 4.69) is 4.98 Å². The molecule has 86 valence electrons. The molecule has 4 N–H and O–H groups in total. The van der Waals surface area contributed by atoms with E-state index in [4.69, 9.17) is 11.5 Å². The Bertz CT molecular complexity index is 404. The molecule has 0 aromatic carbocycles. The van der Waals surface area contributed by atoms with Crippen LogP contribution in [0, 0.1) is 0 Å². The standard InChI is InChI=1S/C11H15N3OS/c1-8(15)16-5-3-2-4-9-6-10(12)11(13)14-7-9/h2,4,6-7H,3,5,12H2,1H3,(H2,13,14). The number of carbonyl (C=O) groups excluding carboxylic acids is 1. The zero-order valence-corrected chi connectivity index (χ0v) is 9.96. The van der Waals surface area contributed by atoms with Gasteiger partial charge < -0.3 is 11.5 Å². The number of hydrogen-bond acceptors (Lipinski definition) is 5. The highest BCUT2D eigenvalue weighted by Crippen LogP contribution is 2.14. The molecule has 0 atom stereocenters. The molecule has 0 saturated carbocycles. The Balaban J connectivity index is 2.44. The van der Waals surface area contributed by atoms with Crippen molar-refractivity contribution in [3.05, 3.63) is 23.9 Å². The van der Waals surface area contributed by atoms with Gasteiger partial charge in [-0.1, -0.05) is 23.9 Å². The summed E-state index contributed by atoms with van der Waals surface area (Å²) in [6.45, 7) is 1.57.